The Morgan fingerprint density at radius 3 is 1.28 bits per heavy atom. The van der Waals surface area contributed by atoms with E-state index in [0.29, 0.717) is 37.9 Å². The molecule has 0 aliphatic carbocycles. The van der Waals surface area contributed by atoms with E-state index in [1.54, 1.807) is 25.1 Å². The van der Waals surface area contributed by atoms with Gasteiger partial charge in [0.2, 0.25) is 0 Å². The maximum absolute atomic E-state index is 13.3. The highest BCUT2D eigenvalue weighted by atomic mass is 79.9. The molecule has 0 fully saturated rings. The van der Waals surface area contributed by atoms with Gasteiger partial charge in [0.1, 0.15) is 0 Å². The van der Waals surface area contributed by atoms with E-state index in [4.69, 9.17) is 17.1 Å². The molecule has 0 atom stereocenters. The number of nitrogens with zero attached hydrogens (tertiary/aromatic N) is 5. The second-order valence-electron chi connectivity index (χ2n) is 13.9. The van der Waals surface area contributed by atoms with E-state index >= 15 is 0 Å². The van der Waals surface area contributed by atoms with Gasteiger partial charge in [-0.2, -0.15) is 60.6 Å². The second kappa shape index (κ2) is 21.4. The van der Waals surface area contributed by atoms with Crippen LogP contribution in [0.2, 0.25) is 0 Å². The van der Waals surface area contributed by atoms with Gasteiger partial charge < -0.3 is 0 Å². The van der Waals surface area contributed by atoms with E-state index in [1.807, 2.05) is 24.3 Å². The first kappa shape index (κ1) is 49.7. The van der Waals surface area contributed by atoms with Gasteiger partial charge >= 0.3 is 18.5 Å². The molecule has 0 radical (unpaired) electrons. The maximum atomic E-state index is 13.3. The Morgan fingerprint density at radius 1 is 0.477 bits per heavy atom. The summed E-state index contributed by atoms with van der Waals surface area (Å²) in [7, 11) is 0. The fraction of sp³-hybridized carbons (Fsp3) is 0.180. The molecule has 0 aromatic heterocycles. The number of hydrogen-bond acceptors (Lipinski definition) is 4. The molecule has 65 heavy (non-hydrogen) atoms. The van der Waals surface area contributed by atoms with Crippen LogP contribution in [0.5, 0.6) is 0 Å². The minimum atomic E-state index is -4.76. The normalized spacial score (nSPS) is 10.6. The van der Waals surface area contributed by atoms with E-state index in [1.165, 1.54) is 31.2 Å². The zero-order valence-corrected chi connectivity index (χ0v) is 35.4. The lowest BCUT2D eigenvalue weighted by Crippen LogP contribution is -2.05. The third-order valence-corrected chi connectivity index (χ3v) is 9.67. The largest absolute Gasteiger partial charge is 0.416 e. The molecule has 5 rings (SSSR count). The van der Waals surface area contributed by atoms with Gasteiger partial charge in [0.05, 0.1) is 73.2 Å². The highest BCUT2D eigenvalue weighted by molar-refractivity contribution is 9.10. The Balaban J connectivity index is 0.000000309. The monoisotopic (exact) mass is 947 g/mol. The summed E-state index contributed by atoms with van der Waals surface area (Å²) < 4.78 is 119. The lowest BCUT2D eigenvalue weighted by Gasteiger charge is -2.09. The molecule has 0 aliphatic heterocycles. The molecule has 0 unspecified atom stereocenters. The number of nitriles is 4. The summed E-state index contributed by atoms with van der Waals surface area (Å²) in [6.45, 7) is 10.0. The standard InChI is InChI=1S/C30H15F6N3.C20H12BrF3N2/c1-19-13-21(15-26(14-19)29(31,32)33)4-7-23-17-22(24(9-11-37)18-25(23)10-12-38)6-3-20-5-8-28(39-2)27(16-20)30(34,35)36;1-13-8-14(10-18(9-13)20(22,23)24)2-3-15-12-19(21)17(5-7-26)11-16(15)4-6-25/h5,8,13-18H,9-10H2,1H3;8-12H,4-5H2,1H3. The highest BCUT2D eigenvalue weighted by Crippen LogP contribution is 2.37. The van der Waals surface area contributed by atoms with Gasteiger partial charge in [-0.1, -0.05) is 75.7 Å². The van der Waals surface area contributed by atoms with Crippen LogP contribution < -0.4 is 0 Å². The molecule has 0 aliphatic rings. The van der Waals surface area contributed by atoms with Crippen LogP contribution in [0.1, 0.15) is 83.5 Å². The summed E-state index contributed by atoms with van der Waals surface area (Å²) in [6, 6.07) is 24.5. The summed E-state index contributed by atoms with van der Waals surface area (Å²) in [4.78, 5) is 2.89. The smallest absolute Gasteiger partial charge is 0.238 e. The van der Waals surface area contributed by atoms with Crippen LogP contribution in [0.15, 0.2) is 83.3 Å². The third-order valence-electron chi connectivity index (χ3n) is 8.94. The van der Waals surface area contributed by atoms with Crippen LogP contribution in [0, 0.1) is 101 Å². The van der Waals surface area contributed by atoms with Crippen LogP contribution in [0.4, 0.5) is 45.2 Å². The number of halogens is 10. The fourth-order valence-corrected chi connectivity index (χ4v) is 6.51. The number of aryl methyl sites for hydroxylation is 2. The molecule has 5 nitrogen and oxygen atoms in total. The Hall–Kier alpha value is -7.92. The molecule has 5 aromatic rings. The van der Waals surface area contributed by atoms with Crippen molar-refractivity contribution in [1.82, 2.24) is 0 Å². The van der Waals surface area contributed by atoms with Gasteiger partial charge in [-0.25, -0.2) is 4.85 Å². The summed E-state index contributed by atoms with van der Waals surface area (Å²) in [5.41, 5.74) is 1.10. The van der Waals surface area contributed by atoms with Crippen LogP contribution in [-0.2, 0) is 44.2 Å². The van der Waals surface area contributed by atoms with Crippen LogP contribution in [-0.4, -0.2) is 0 Å². The van der Waals surface area contributed by atoms with E-state index in [0.717, 1.165) is 42.0 Å². The zero-order chi connectivity index (χ0) is 48.1. The average molecular weight is 949 g/mol. The van der Waals surface area contributed by atoms with Crippen LogP contribution in [0.25, 0.3) is 4.85 Å². The molecular formula is C50H27BrF9N5. The van der Waals surface area contributed by atoms with E-state index < -0.39 is 40.9 Å². The Labute approximate surface area is 376 Å². The van der Waals surface area contributed by atoms with Crippen molar-refractivity contribution in [3.05, 3.63) is 178 Å². The summed E-state index contributed by atoms with van der Waals surface area (Å²) in [5.74, 6) is 16.4. The minimum Gasteiger partial charge on any atom is -0.238 e. The van der Waals surface area contributed by atoms with E-state index in [9.17, 15) is 50.0 Å². The molecule has 0 saturated heterocycles. The number of rotatable bonds is 4. The minimum absolute atomic E-state index is 0.0224. The maximum Gasteiger partial charge on any atom is 0.416 e. The third kappa shape index (κ3) is 14.0. The Morgan fingerprint density at radius 2 is 0.877 bits per heavy atom. The van der Waals surface area contributed by atoms with Crippen molar-refractivity contribution in [3.63, 3.8) is 0 Å². The van der Waals surface area contributed by atoms with Crippen molar-refractivity contribution in [2.24, 2.45) is 0 Å². The molecule has 322 valence electrons. The molecule has 0 spiro atoms. The predicted molar refractivity (Wildman–Crippen MR) is 226 cm³/mol. The van der Waals surface area contributed by atoms with Crippen molar-refractivity contribution in [2.45, 2.75) is 58.1 Å². The van der Waals surface area contributed by atoms with Crippen molar-refractivity contribution in [1.29, 1.82) is 21.0 Å². The van der Waals surface area contributed by atoms with Crippen molar-refractivity contribution >= 4 is 21.6 Å². The molecule has 0 N–H and O–H groups in total. The Bertz CT molecular complexity index is 3070. The molecule has 5 aromatic carbocycles. The zero-order valence-electron chi connectivity index (χ0n) is 33.8. The van der Waals surface area contributed by atoms with Gasteiger partial charge in [-0.15, -0.1) is 0 Å². The van der Waals surface area contributed by atoms with Gasteiger partial charge in [0.25, 0.3) is 0 Å². The van der Waals surface area contributed by atoms with Crippen molar-refractivity contribution < 1.29 is 39.5 Å². The molecule has 0 bridgehead atoms. The van der Waals surface area contributed by atoms with Crippen LogP contribution in [0.3, 0.4) is 0 Å². The van der Waals surface area contributed by atoms with Gasteiger partial charge in [-0.3, -0.25) is 0 Å². The first-order chi connectivity index (χ1) is 30.6. The van der Waals surface area contributed by atoms with Gasteiger partial charge in [0, 0.05) is 37.9 Å². The fourth-order valence-electron chi connectivity index (χ4n) is 6.02. The molecule has 0 saturated carbocycles. The molecule has 15 heteroatoms. The second-order valence-corrected chi connectivity index (χ2v) is 14.7. The number of alkyl halides is 9. The van der Waals surface area contributed by atoms with Gasteiger partial charge in [-0.05, 0) is 102 Å². The number of hydrogen-bond donors (Lipinski definition) is 0. The summed E-state index contributed by atoms with van der Waals surface area (Å²) in [6.07, 6.45) is -13.7. The predicted octanol–water partition coefficient (Wildman–Crippen LogP) is 12.8. The Kier molecular flexibility index (Phi) is 16.4. The molecular weight excluding hydrogens is 921 g/mol. The van der Waals surface area contributed by atoms with Crippen molar-refractivity contribution in [2.75, 3.05) is 0 Å². The lowest BCUT2D eigenvalue weighted by atomic mass is 9.95. The number of benzene rings is 5. The molecule has 0 amide bonds. The average Bonchev–Trinajstić information content (AvgIpc) is 3.22. The summed E-state index contributed by atoms with van der Waals surface area (Å²) >= 11 is 3.36. The van der Waals surface area contributed by atoms with Gasteiger partial charge in [0.15, 0.2) is 5.69 Å². The topological polar surface area (TPSA) is 99.5 Å². The van der Waals surface area contributed by atoms with E-state index in [-0.39, 0.29) is 53.5 Å². The quantitative estimate of drug-likeness (QED) is 0.102. The first-order valence-electron chi connectivity index (χ1n) is 18.6. The van der Waals surface area contributed by atoms with Crippen molar-refractivity contribution in [3.8, 4) is 59.8 Å². The van der Waals surface area contributed by atoms with E-state index in [2.05, 4.69) is 56.3 Å². The SMILES string of the molecule is Cc1cc(C#Cc2cc(Br)c(CC#N)cc2CC#N)cc(C(F)(F)F)c1.[C-]#[N+]c1ccc(C#Cc2cc(C#Cc3cc(C)cc(C(F)(F)F)c3)c(CC#N)cc2CC#N)cc1C(F)(F)F. The lowest BCUT2D eigenvalue weighted by molar-refractivity contribution is -0.138. The van der Waals surface area contributed by atoms with Crippen LogP contribution >= 0.6 is 15.9 Å². The highest BCUT2D eigenvalue weighted by Gasteiger charge is 2.34. The molecule has 0 heterocycles. The summed E-state index contributed by atoms with van der Waals surface area (Å²) in [5, 5.41) is 36.3. The first-order valence-corrected chi connectivity index (χ1v) is 19.4.